The molecular weight excluding hydrogens is 286 g/mol. The Labute approximate surface area is 126 Å². The van der Waals surface area contributed by atoms with E-state index in [1.807, 2.05) is 6.92 Å². The Hall–Kier alpha value is -1.35. The van der Waals surface area contributed by atoms with Gasteiger partial charge in [0.15, 0.2) is 0 Å². The number of benzene rings is 1. The Kier molecular flexibility index (Phi) is 5.40. The summed E-state index contributed by atoms with van der Waals surface area (Å²) in [5.74, 6) is 5.31. The second-order valence-electron chi connectivity index (χ2n) is 5.13. The molecule has 1 fully saturated rings. The maximum Gasteiger partial charge on any atom is 0.243 e. The van der Waals surface area contributed by atoms with Gasteiger partial charge in [0.1, 0.15) is 6.61 Å². The minimum absolute atomic E-state index is 0.133. The summed E-state index contributed by atoms with van der Waals surface area (Å²) in [6, 6.07) is 6.67. The monoisotopic (exact) mass is 307 g/mol. The average molecular weight is 307 g/mol. The summed E-state index contributed by atoms with van der Waals surface area (Å²) in [4.78, 5) is 0.311. The average Bonchev–Trinajstić information content (AvgIpc) is 3.00. The minimum atomic E-state index is -3.44. The molecule has 21 heavy (non-hydrogen) atoms. The topological polar surface area (TPSA) is 57.6 Å². The molecule has 0 radical (unpaired) electrons. The van der Waals surface area contributed by atoms with Crippen LogP contribution in [0.15, 0.2) is 29.2 Å². The number of sulfonamides is 1. The first-order valence-electron chi connectivity index (χ1n) is 7.31. The lowest BCUT2D eigenvalue weighted by Gasteiger charge is -2.26. The zero-order valence-electron chi connectivity index (χ0n) is 12.2. The van der Waals surface area contributed by atoms with E-state index in [0.717, 1.165) is 25.7 Å². The van der Waals surface area contributed by atoms with Crippen LogP contribution in [0.1, 0.15) is 38.2 Å². The summed E-state index contributed by atoms with van der Waals surface area (Å²) in [5, 5.41) is 8.66. The molecule has 4 nitrogen and oxygen atoms in total. The highest BCUT2D eigenvalue weighted by molar-refractivity contribution is 7.89. The largest absolute Gasteiger partial charge is 0.384 e. The fourth-order valence-electron chi connectivity index (χ4n) is 2.80. The molecule has 0 bridgehead atoms. The lowest BCUT2D eigenvalue weighted by atomic mass is 10.2. The molecule has 1 aromatic rings. The molecule has 0 aromatic heterocycles. The van der Waals surface area contributed by atoms with Crippen molar-refractivity contribution in [3.63, 3.8) is 0 Å². The van der Waals surface area contributed by atoms with Crippen molar-refractivity contribution in [3.05, 3.63) is 29.8 Å². The van der Waals surface area contributed by atoms with Gasteiger partial charge in [0.2, 0.25) is 10.0 Å². The fraction of sp³-hybridized carbons (Fsp3) is 0.500. The van der Waals surface area contributed by atoms with Gasteiger partial charge in [-0.25, -0.2) is 8.42 Å². The number of rotatable bonds is 4. The Morgan fingerprint density at radius 1 is 1.24 bits per heavy atom. The Balaban J connectivity index is 2.25. The van der Waals surface area contributed by atoms with Crippen molar-refractivity contribution in [1.29, 1.82) is 0 Å². The van der Waals surface area contributed by atoms with E-state index in [1.165, 1.54) is 0 Å². The van der Waals surface area contributed by atoms with Gasteiger partial charge in [-0.05, 0) is 37.1 Å². The highest BCUT2D eigenvalue weighted by Gasteiger charge is 2.31. The highest BCUT2D eigenvalue weighted by Crippen LogP contribution is 2.28. The van der Waals surface area contributed by atoms with Crippen molar-refractivity contribution in [3.8, 4) is 11.8 Å². The van der Waals surface area contributed by atoms with E-state index in [0.29, 0.717) is 17.0 Å². The molecule has 0 unspecified atom stereocenters. The van der Waals surface area contributed by atoms with Crippen LogP contribution in [0.4, 0.5) is 0 Å². The quantitative estimate of drug-likeness (QED) is 0.865. The summed E-state index contributed by atoms with van der Waals surface area (Å²) in [6.45, 7) is 2.18. The second kappa shape index (κ2) is 7.08. The normalized spacial score (nSPS) is 16.0. The summed E-state index contributed by atoms with van der Waals surface area (Å²) >= 11 is 0. The zero-order valence-corrected chi connectivity index (χ0v) is 13.1. The third-order valence-electron chi connectivity index (χ3n) is 3.82. The Morgan fingerprint density at radius 2 is 1.86 bits per heavy atom. The van der Waals surface area contributed by atoms with Crippen LogP contribution in [0.3, 0.4) is 0 Å². The van der Waals surface area contributed by atoms with Gasteiger partial charge in [-0.15, -0.1) is 0 Å². The molecule has 0 spiro atoms. The zero-order chi connectivity index (χ0) is 15.3. The molecule has 1 N–H and O–H groups in total. The van der Waals surface area contributed by atoms with E-state index < -0.39 is 10.0 Å². The molecule has 0 heterocycles. The molecule has 5 heteroatoms. The molecule has 0 saturated heterocycles. The van der Waals surface area contributed by atoms with Crippen LogP contribution in [0.25, 0.3) is 0 Å². The molecular formula is C16H21NO3S. The predicted molar refractivity (Wildman–Crippen MR) is 82.2 cm³/mol. The lowest BCUT2D eigenvalue weighted by Crippen LogP contribution is -2.38. The molecule has 1 aliphatic carbocycles. The van der Waals surface area contributed by atoms with Crippen LogP contribution >= 0.6 is 0 Å². The maximum atomic E-state index is 12.7. The fourth-order valence-corrected chi connectivity index (χ4v) is 4.50. The highest BCUT2D eigenvalue weighted by atomic mass is 32.2. The van der Waals surface area contributed by atoms with Crippen LogP contribution in [0, 0.1) is 11.8 Å². The third kappa shape index (κ3) is 3.65. The molecule has 1 aliphatic rings. The molecule has 1 saturated carbocycles. The summed E-state index contributed by atoms with van der Waals surface area (Å²) in [7, 11) is -3.44. The minimum Gasteiger partial charge on any atom is -0.384 e. The summed E-state index contributed by atoms with van der Waals surface area (Å²) in [5.41, 5.74) is 0.701. The first kappa shape index (κ1) is 16.0. The van der Waals surface area contributed by atoms with Crippen molar-refractivity contribution < 1.29 is 13.5 Å². The number of hydrogen-bond acceptors (Lipinski definition) is 3. The molecule has 114 valence electrons. The van der Waals surface area contributed by atoms with Gasteiger partial charge < -0.3 is 5.11 Å². The molecule has 1 aromatic carbocycles. The van der Waals surface area contributed by atoms with Gasteiger partial charge in [-0.1, -0.05) is 31.6 Å². The lowest BCUT2D eigenvalue weighted by molar-refractivity contribution is 0.335. The molecule has 0 amide bonds. The van der Waals surface area contributed by atoms with E-state index >= 15 is 0 Å². The van der Waals surface area contributed by atoms with Crippen molar-refractivity contribution in [2.45, 2.75) is 43.5 Å². The SMILES string of the molecule is CCN(C1CCCC1)S(=O)(=O)c1ccc(C#CCO)cc1. The van der Waals surface area contributed by atoms with Gasteiger partial charge in [0, 0.05) is 18.2 Å². The van der Waals surface area contributed by atoms with Gasteiger partial charge in [-0.3, -0.25) is 0 Å². The second-order valence-corrected chi connectivity index (χ2v) is 7.02. The predicted octanol–water partition coefficient (Wildman–Crippen LogP) is 1.98. The van der Waals surface area contributed by atoms with Gasteiger partial charge in [0.05, 0.1) is 4.90 Å². The first-order valence-corrected chi connectivity index (χ1v) is 8.75. The number of aliphatic hydroxyl groups excluding tert-OH is 1. The Morgan fingerprint density at radius 3 is 2.38 bits per heavy atom. The van der Waals surface area contributed by atoms with E-state index in [4.69, 9.17) is 5.11 Å². The van der Waals surface area contributed by atoms with Crippen LogP contribution in [0.5, 0.6) is 0 Å². The van der Waals surface area contributed by atoms with Crippen LogP contribution in [-0.4, -0.2) is 37.0 Å². The number of hydrogen-bond donors (Lipinski definition) is 1. The van der Waals surface area contributed by atoms with Gasteiger partial charge in [0.25, 0.3) is 0 Å². The van der Waals surface area contributed by atoms with E-state index in [2.05, 4.69) is 11.8 Å². The number of aliphatic hydroxyl groups is 1. The standard InChI is InChI=1S/C16H21NO3S/c1-2-17(15-7-3-4-8-15)21(19,20)16-11-9-14(10-12-16)6-5-13-18/h9-12,15,18H,2-4,7-8,13H2,1H3. The van der Waals surface area contributed by atoms with E-state index in [-0.39, 0.29) is 12.6 Å². The summed E-state index contributed by atoms with van der Waals surface area (Å²) in [6.07, 6.45) is 4.11. The number of nitrogens with zero attached hydrogens (tertiary/aromatic N) is 1. The van der Waals surface area contributed by atoms with Crippen LogP contribution in [-0.2, 0) is 10.0 Å². The van der Waals surface area contributed by atoms with Crippen molar-refractivity contribution >= 4 is 10.0 Å². The van der Waals surface area contributed by atoms with Gasteiger partial charge in [-0.2, -0.15) is 4.31 Å². The van der Waals surface area contributed by atoms with Crippen LogP contribution in [0.2, 0.25) is 0 Å². The van der Waals surface area contributed by atoms with E-state index in [9.17, 15) is 8.42 Å². The van der Waals surface area contributed by atoms with Crippen molar-refractivity contribution in [2.24, 2.45) is 0 Å². The maximum absolute atomic E-state index is 12.7. The Bertz CT molecular complexity index is 620. The van der Waals surface area contributed by atoms with Crippen molar-refractivity contribution in [1.82, 2.24) is 4.31 Å². The van der Waals surface area contributed by atoms with Crippen molar-refractivity contribution in [2.75, 3.05) is 13.2 Å². The first-order chi connectivity index (χ1) is 10.1. The molecule has 0 atom stereocenters. The third-order valence-corrected chi connectivity index (χ3v) is 5.86. The van der Waals surface area contributed by atoms with Gasteiger partial charge >= 0.3 is 0 Å². The smallest absolute Gasteiger partial charge is 0.243 e. The summed E-state index contributed by atoms with van der Waals surface area (Å²) < 4.78 is 27.1. The van der Waals surface area contributed by atoms with E-state index in [1.54, 1.807) is 28.6 Å². The molecule has 2 rings (SSSR count). The van der Waals surface area contributed by atoms with Crippen LogP contribution < -0.4 is 0 Å². The molecule has 0 aliphatic heterocycles.